The molecule has 0 unspecified atom stereocenters. The molecular weight excluding hydrogens is 297 g/mol. The molecule has 4 nitrogen and oxygen atoms in total. The van der Waals surface area contributed by atoms with E-state index in [0.29, 0.717) is 0 Å². The average molecular weight is 312 g/mol. The second-order valence-electron chi connectivity index (χ2n) is 3.63. The Morgan fingerprint density at radius 2 is 1.61 bits per heavy atom. The van der Waals surface area contributed by atoms with E-state index in [9.17, 15) is 8.42 Å². The first-order valence-corrected chi connectivity index (χ1v) is 7.81. The molecule has 18 heavy (non-hydrogen) atoms. The lowest BCUT2D eigenvalue weighted by Gasteiger charge is -2.19. The van der Waals surface area contributed by atoms with Gasteiger partial charge in [0.1, 0.15) is 5.75 Å². The van der Waals surface area contributed by atoms with E-state index in [-0.39, 0.29) is 30.6 Å². The highest BCUT2D eigenvalue weighted by molar-refractivity contribution is 7.84. The highest BCUT2D eigenvalue weighted by Crippen LogP contribution is 2.16. The van der Waals surface area contributed by atoms with Crippen molar-refractivity contribution in [3.8, 4) is 5.75 Å². The van der Waals surface area contributed by atoms with Crippen LogP contribution in [-0.2, 0) is 10.3 Å². The monoisotopic (exact) mass is 311 g/mol. The first-order chi connectivity index (χ1) is 8.49. The third-order valence-corrected chi connectivity index (χ3v) is 3.95. The number of rotatable bonds is 7. The number of alkyl halides is 2. The molecule has 1 aromatic rings. The molecule has 7 heteroatoms. The summed E-state index contributed by atoms with van der Waals surface area (Å²) >= 11 is 11.1. The minimum atomic E-state index is -3.85. The molecule has 0 saturated heterocycles. The molecule has 0 saturated carbocycles. The van der Waals surface area contributed by atoms with Gasteiger partial charge in [-0.05, 0) is 19.1 Å². The fourth-order valence-corrected chi connectivity index (χ4v) is 2.99. The molecular formula is C11H15Cl2NO3S. The fraction of sp³-hybridized carbons (Fsp3) is 0.455. The summed E-state index contributed by atoms with van der Waals surface area (Å²) in [6, 6.07) is 6.76. The zero-order valence-corrected chi connectivity index (χ0v) is 12.3. The van der Waals surface area contributed by atoms with E-state index in [1.54, 1.807) is 24.3 Å². The van der Waals surface area contributed by atoms with Crippen LogP contribution < -0.4 is 4.18 Å². The molecule has 0 atom stereocenters. The molecule has 0 aromatic heterocycles. The predicted molar refractivity (Wildman–Crippen MR) is 73.7 cm³/mol. The summed E-state index contributed by atoms with van der Waals surface area (Å²) in [5.41, 5.74) is 1.03. The first-order valence-electron chi connectivity index (χ1n) is 5.38. The maximum atomic E-state index is 12.0. The average Bonchev–Trinajstić information content (AvgIpc) is 2.32. The van der Waals surface area contributed by atoms with Crippen LogP contribution in [0.1, 0.15) is 5.56 Å². The lowest BCUT2D eigenvalue weighted by Crippen LogP contribution is -2.37. The number of hydrogen-bond acceptors (Lipinski definition) is 3. The maximum absolute atomic E-state index is 12.0. The summed E-state index contributed by atoms with van der Waals surface area (Å²) < 4.78 is 30.0. The molecule has 0 aliphatic rings. The van der Waals surface area contributed by atoms with Gasteiger partial charge in [-0.2, -0.15) is 12.7 Å². The van der Waals surface area contributed by atoms with E-state index >= 15 is 0 Å². The van der Waals surface area contributed by atoms with E-state index < -0.39 is 10.3 Å². The molecule has 0 bridgehead atoms. The van der Waals surface area contributed by atoms with Gasteiger partial charge in [0.25, 0.3) is 0 Å². The second kappa shape index (κ2) is 7.19. The molecule has 0 aliphatic heterocycles. The van der Waals surface area contributed by atoms with Gasteiger partial charge in [-0.25, -0.2) is 0 Å². The third-order valence-electron chi connectivity index (χ3n) is 2.21. The van der Waals surface area contributed by atoms with Gasteiger partial charge in [0.05, 0.1) is 0 Å². The number of benzene rings is 1. The van der Waals surface area contributed by atoms with Crippen molar-refractivity contribution in [2.75, 3.05) is 24.8 Å². The van der Waals surface area contributed by atoms with Gasteiger partial charge in [0.15, 0.2) is 0 Å². The van der Waals surface area contributed by atoms with E-state index in [1.807, 2.05) is 6.92 Å². The number of aryl methyl sites for hydroxylation is 1. The van der Waals surface area contributed by atoms with E-state index in [4.69, 9.17) is 27.4 Å². The van der Waals surface area contributed by atoms with Crippen molar-refractivity contribution in [2.45, 2.75) is 6.92 Å². The molecule has 1 rings (SSSR count). The minimum Gasteiger partial charge on any atom is -0.371 e. The number of hydrogen-bond donors (Lipinski definition) is 0. The number of halogens is 2. The Balaban J connectivity index is 2.81. The summed E-state index contributed by atoms with van der Waals surface area (Å²) in [6.45, 7) is 2.25. The van der Waals surface area contributed by atoms with Gasteiger partial charge >= 0.3 is 10.3 Å². The molecule has 0 spiro atoms. The molecule has 0 aliphatic carbocycles. The van der Waals surface area contributed by atoms with Crippen molar-refractivity contribution < 1.29 is 12.6 Å². The van der Waals surface area contributed by atoms with Crippen LogP contribution in [0.25, 0.3) is 0 Å². The Morgan fingerprint density at radius 3 is 2.06 bits per heavy atom. The van der Waals surface area contributed by atoms with Crippen LogP contribution in [0.2, 0.25) is 0 Å². The number of nitrogens with zero attached hydrogens (tertiary/aromatic N) is 1. The summed E-state index contributed by atoms with van der Waals surface area (Å²) in [6.07, 6.45) is 0. The molecule has 102 valence electrons. The van der Waals surface area contributed by atoms with Crippen molar-refractivity contribution in [3.05, 3.63) is 29.8 Å². The van der Waals surface area contributed by atoms with Crippen molar-refractivity contribution in [1.82, 2.24) is 4.31 Å². The zero-order valence-electron chi connectivity index (χ0n) is 9.97. The van der Waals surface area contributed by atoms with Crippen molar-refractivity contribution in [3.63, 3.8) is 0 Å². The van der Waals surface area contributed by atoms with Crippen LogP contribution in [0.5, 0.6) is 5.75 Å². The first kappa shape index (κ1) is 15.6. The van der Waals surface area contributed by atoms with E-state index in [1.165, 1.54) is 0 Å². The Morgan fingerprint density at radius 1 is 1.11 bits per heavy atom. The van der Waals surface area contributed by atoms with Crippen LogP contribution >= 0.6 is 23.2 Å². The largest absolute Gasteiger partial charge is 0.385 e. The molecule has 0 radical (unpaired) electrons. The highest BCUT2D eigenvalue weighted by atomic mass is 35.5. The third kappa shape index (κ3) is 4.65. The SMILES string of the molecule is Cc1ccc(OS(=O)(=O)N(CCCl)CCCl)cc1. The zero-order chi connectivity index (χ0) is 13.6. The summed E-state index contributed by atoms with van der Waals surface area (Å²) in [7, 11) is -3.85. The van der Waals surface area contributed by atoms with Gasteiger partial charge in [0, 0.05) is 24.8 Å². The van der Waals surface area contributed by atoms with Crippen LogP contribution in [0.4, 0.5) is 0 Å². The highest BCUT2D eigenvalue weighted by Gasteiger charge is 2.23. The summed E-state index contributed by atoms with van der Waals surface area (Å²) in [5, 5.41) is 0. The normalized spacial score (nSPS) is 11.8. The molecule has 0 heterocycles. The van der Waals surface area contributed by atoms with E-state index in [0.717, 1.165) is 9.87 Å². The standard InChI is InChI=1S/C11H15Cl2NO3S/c1-10-2-4-11(5-3-10)17-18(15,16)14(8-6-12)9-7-13/h2-5H,6-9H2,1H3. The van der Waals surface area contributed by atoms with Crippen molar-refractivity contribution >= 4 is 33.5 Å². The Labute approximate surface area is 118 Å². The van der Waals surface area contributed by atoms with Crippen LogP contribution in [0, 0.1) is 6.92 Å². The summed E-state index contributed by atoms with van der Waals surface area (Å²) in [5.74, 6) is 0.649. The van der Waals surface area contributed by atoms with Gasteiger partial charge < -0.3 is 4.18 Å². The predicted octanol–water partition coefficient (Wildman–Crippen LogP) is 2.40. The second-order valence-corrected chi connectivity index (χ2v) is 5.93. The van der Waals surface area contributed by atoms with Crippen LogP contribution in [0.3, 0.4) is 0 Å². The lowest BCUT2D eigenvalue weighted by molar-refractivity contribution is 0.378. The Kier molecular flexibility index (Phi) is 6.21. The van der Waals surface area contributed by atoms with Crippen molar-refractivity contribution in [2.24, 2.45) is 0 Å². The van der Waals surface area contributed by atoms with Gasteiger partial charge in [-0.15, -0.1) is 23.2 Å². The lowest BCUT2D eigenvalue weighted by atomic mass is 10.2. The Bertz CT molecular complexity index is 456. The van der Waals surface area contributed by atoms with Gasteiger partial charge in [-0.3, -0.25) is 0 Å². The minimum absolute atomic E-state index is 0.169. The smallest absolute Gasteiger partial charge is 0.371 e. The molecule has 0 N–H and O–H groups in total. The molecule has 0 fully saturated rings. The Hall–Kier alpha value is -0.490. The summed E-state index contributed by atoms with van der Waals surface area (Å²) in [4.78, 5) is 0. The fourth-order valence-electron chi connectivity index (χ4n) is 1.29. The van der Waals surface area contributed by atoms with Crippen LogP contribution in [-0.4, -0.2) is 37.6 Å². The topological polar surface area (TPSA) is 46.6 Å². The van der Waals surface area contributed by atoms with Gasteiger partial charge in [-0.1, -0.05) is 17.7 Å². The maximum Gasteiger partial charge on any atom is 0.385 e. The van der Waals surface area contributed by atoms with Crippen molar-refractivity contribution in [1.29, 1.82) is 0 Å². The quantitative estimate of drug-likeness (QED) is 0.726. The van der Waals surface area contributed by atoms with Crippen LogP contribution in [0.15, 0.2) is 24.3 Å². The molecule has 0 amide bonds. The molecule has 1 aromatic carbocycles. The van der Waals surface area contributed by atoms with Gasteiger partial charge in [0.2, 0.25) is 0 Å². The van der Waals surface area contributed by atoms with E-state index in [2.05, 4.69) is 0 Å².